The molecule has 1 heterocycles. The van der Waals surface area contributed by atoms with Crippen molar-refractivity contribution in [1.82, 2.24) is 4.90 Å². The number of halogens is 2. The third-order valence-corrected chi connectivity index (χ3v) is 4.47. The first-order valence-electron chi connectivity index (χ1n) is 8.50. The fraction of sp³-hybridized carbons (Fsp3) is 0.238. The molecule has 0 bridgehead atoms. The van der Waals surface area contributed by atoms with Gasteiger partial charge in [-0.15, -0.1) is 0 Å². The number of hydrogen-bond donors (Lipinski definition) is 1. The van der Waals surface area contributed by atoms with Gasteiger partial charge in [0.25, 0.3) is 0 Å². The van der Waals surface area contributed by atoms with Crippen molar-refractivity contribution in [2.75, 3.05) is 14.2 Å². The number of allylic oxidation sites excluding steroid dienone is 2. The number of rotatable bonds is 6. The van der Waals surface area contributed by atoms with Crippen molar-refractivity contribution in [2.24, 2.45) is 0 Å². The summed E-state index contributed by atoms with van der Waals surface area (Å²) in [5.74, 6) is -1.54. The maximum atomic E-state index is 15.1. The number of methoxy groups -OCH3 is 1. The molecule has 2 unspecified atom stereocenters. The highest BCUT2D eigenvalue weighted by Gasteiger charge is 2.29. The van der Waals surface area contributed by atoms with Gasteiger partial charge < -0.3 is 19.5 Å². The molecule has 2 aromatic rings. The number of aliphatic hydroxyl groups excluding tert-OH is 1. The molecule has 0 spiro atoms. The van der Waals surface area contributed by atoms with E-state index in [1.165, 1.54) is 19.2 Å². The van der Waals surface area contributed by atoms with Gasteiger partial charge in [-0.3, -0.25) is 0 Å². The quantitative estimate of drug-likeness (QED) is 0.784. The summed E-state index contributed by atoms with van der Waals surface area (Å²) < 4.78 is 40.0. The van der Waals surface area contributed by atoms with Gasteiger partial charge in [-0.2, -0.15) is 0 Å². The average molecular weight is 373 g/mol. The summed E-state index contributed by atoms with van der Waals surface area (Å²) in [5.41, 5.74) is 0.961. The average Bonchev–Trinajstić information content (AvgIpc) is 2.69. The van der Waals surface area contributed by atoms with Gasteiger partial charge in [0, 0.05) is 14.2 Å². The molecule has 0 saturated carbocycles. The summed E-state index contributed by atoms with van der Waals surface area (Å²) in [7, 11) is 3.00. The predicted molar refractivity (Wildman–Crippen MR) is 98.8 cm³/mol. The van der Waals surface area contributed by atoms with Crippen molar-refractivity contribution >= 4 is 5.70 Å². The van der Waals surface area contributed by atoms with E-state index in [2.05, 4.69) is 0 Å². The van der Waals surface area contributed by atoms with Crippen molar-refractivity contribution in [3.63, 3.8) is 0 Å². The Kier molecular flexibility index (Phi) is 5.88. The van der Waals surface area contributed by atoms with E-state index in [9.17, 15) is 9.50 Å². The molecule has 0 saturated heterocycles. The Morgan fingerprint density at radius 1 is 1.15 bits per heavy atom. The fourth-order valence-electron chi connectivity index (χ4n) is 2.97. The minimum atomic E-state index is -1.13. The van der Waals surface area contributed by atoms with Crippen LogP contribution in [0.4, 0.5) is 8.78 Å². The lowest BCUT2D eigenvalue weighted by Crippen LogP contribution is -2.41. The standard InChI is InChI=1S/C21H21F2NO3/c1-24-16(9-6-10-17(24)21(25)26-2)19-15(22)11-12-18(20(19)23)27-13-14-7-4-3-5-8-14/h3-12,17,21,25H,13H2,1-2H3. The first-order valence-corrected chi connectivity index (χ1v) is 8.50. The zero-order valence-corrected chi connectivity index (χ0v) is 15.1. The van der Waals surface area contributed by atoms with Crippen LogP contribution in [-0.4, -0.2) is 36.5 Å². The van der Waals surface area contributed by atoms with Gasteiger partial charge in [0.05, 0.1) is 17.3 Å². The smallest absolute Gasteiger partial charge is 0.178 e. The molecule has 4 nitrogen and oxygen atoms in total. The zero-order chi connectivity index (χ0) is 19.4. The van der Waals surface area contributed by atoms with Crippen molar-refractivity contribution in [3.8, 4) is 5.75 Å². The van der Waals surface area contributed by atoms with Gasteiger partial charge in [0.15, 0.2) is 17.9 Å². The summed E-state index contributed by atoms with van der Waals surface area (Å²) in [6.07, 6.45) is 3.79. The van der Waals surface area contributed by atoms with Gasteiger partial charge in [-0.25, -0.2) is 8.78 Å². The molecule has 3 rings (SSSR count). The third-order valence-electron chi connectivity index (χ3n) is 4.47. The van der Waals surface area contributed by atoms with Crippen LogP contribution in [0, 0.1) is 11.6 Å². The van der Waals surface area contributed by atoms with Crippen LogP contribution in [0.15, 0.2) is 60.7 Å². The molecule has 1 aliphatic heterocycles. The van der Waals surface area contributed by atoms with Crippen LogP contribution < -0.4 is 4.74 Å². The Balaban J connectivity index is 1.89. The van der Waals surface area contributed by atoms with Crippen LogP contribution in [0.3, 0.4) is 0 Å². The molecule has 27 heavy (non-hydrogen) atoms. The molecule has 0 fully saturated rings. The van der Waals surface area contributed by atoms with E-state index in [0.29, 0.717) is 5.70 Å². The predicted octanol–water partition coefficient (Wildman–Crippen LogP) is 3.72. The number of likely N-dealkylation sites (N-methyl/N-ethyl adjacent to an activating group) is 1. The molecular formula is C21H21F2NO3. The lowest BCUT2D eigenvalue weighted by Gasteiger charge is -2.34. The second-order valence-electron chi connectivity index (χ2n) is 6.17. The van der Waals surface area contributed by atoms with Gasteiger partial charge >= 0.3 is 0 Å². The first-order chi connectivity index (χ1) is 13.0. The van der Waals surface area contributed by atoms with Gasteiger partial charge in [0.2, 0.25) is 0 Å². The van der Waals surface area contributed by atoms with E-state index >= 15 is 4.39 Å². The molecule has 2 atom stereocenters. The fourth-order valence-corrected chi connectivity index (χ4v) is 2.97. The van der Waals surface area contributed by atoms with E-state index in [4.69, 9.17) is 9.47 Å². The molecule has 1 aliphatic rings. The Morgan fingerprint density at radius 3 is 2.59 bits per heavy atom. The molecule has 2 aromatic carbocycles. The third kappa shape index (κ3) is 4.02. The van der Waals surface area contributed by atoms with E-state index in [0.717, 1.165) is 5.56 Å². The molecule has 0 amide bonds. The number of hydrogen-bond acceptors (Lipinski definition) is 4. The summed E-state index contributed by atoms with van der Waals surface area (Å²) >= 11 is 0. The molecule has 0 radical (unpaired) electrons. The van der Waals surface area contributed by atoms with Gasteiger partial charge in [0.1, 0.15) is 12.4 Å². The maximum absolute atomic E-state index is 15.1. The number of nitrogens with zero attached hydrogens (tertiary/aromatic N) is 1. The first kappa shape index (κ1) is 19.1. The molecule has 1 N–H and O–H groups in total. The molecule has 0 aliphatic carbocycles. The molecule has 6 heteroatoms. The maximum Gasteiger partial charge on any atom is 0.178 e. The van der Waals surface area contributed by atoms with Crippen LogP contribution in [0.2, 0.25) is 0 Å². The molecule has 142 valence electrons. The normalized spacial score (nSPS) is 17.6. The largest absolute Gasteiger partial charge is 0.486 e. The van der Waals surface area contributed by atoms with Crippen molar-refractivity contribution in [2.45, 2.75) is 18.9 Å². The SMILES string of the molecule is COC(O)C1C=CC=C(c2c(F)ccc(OCc3ccccc3)c2F)N1C. The zero-order valence-electron chi connectivity index (χ0n) is 15.1. The highest BCUT2D eigenvalue weighted by Crippen LogP contribution is 2.33. The monoisotopic (exact) mass is 373 g/mol. The van der Waals surface area contributed by atoms with E-state index in [1.807, 2.05) is 30.3 Å². The highest BCUT2D eigenvalue weighted by atomic mass is 19.1. The van der Waals surface area contributed by atoms with Gasteiger partial charge in [-0.1, -0.05) is 42.5 Å². The van der Waals surface area contributed by atoms with Crippen molar-refractivity contribution in [3.05, 3.63) is 83.5 Å². The minimum Gasteiger partial charge on any atom is -0.486 e. The Bertz CT molecular complexity index is 852. The second kappa shape index (κ2) is 8.33. The lowest BCUT2D eigenvalue weighted by molar-refractivity contribution is -0.101. The second-order valence-corrected chi connectivity index (χ2v) is 6.17. The van der Waals surface area contributed by atoms with Crippen molar-refractivity contribution < 1.29 is 23.4 Å². The summed E-state index contributed by atoms with van der Waals surface area (Å²) in [5, 5.41) is 9.97. The van der Waals surface area contributed by atoms with Crippen LogP contribution >= 0.6 is 0 Å². The Morgan fingerprint density at radius 2 is 1.89 bits per heavy atom. The number of benzene rings is 2. The van der Waals surface area contributed by atoms with Gasteiger partial charge in [-0.05, 0) is 23.8 Å². The van der Waals surface area contributed by atoms with Crippen molar-refractivity contribution in [1.29, 1.82) is 0 Å². The number of aliphatic hydroxyl groups is 1. The number of ether oxygens (including phenoxy) is 2. The molecular weight excluding hydrogens is 352 g/mol. The molecule has 0 aromatic heterocycles. The van der Waals surface area contributed by atoms with E-state index in [-0.39, 0.29) is 17.9 Å². The van der Waals surface area contributed by atoms with Crippen LogP contribution in [-0.2, 0) is 11.3 Å². The lowest BCUT2D eigenvalue weighted by atomic mass is 10.0. The topological polar surface area (TPSA) is 41.9 Å². The van der Waals surface area contributed by atoms with Crippen LogP contribution in [0.1, 0.15) is 11.1 Å². The Labute approximate surface area is 157 Å². The van der Waals surface area contributed by atoms with E-state index in [1.54, 1.807) is 30.2 Å². The summed E-state index contributed by atoms with van der Waals surface area (Å²) in [6.45, 7) is 0.169. The van der Waals surface area contributed by atoms with E-state index < -0.39 is 24.0 Å². The Hall–Kier alpha value is -2.70. The van der Waals surface area contributed by atoms with Crippen LogP contribution in [0.25, 0.3) is 5.70 Å². The summed E-state index contributed by atoms with van der Waals surface area (Å²) in [6, 6.07) is 11.2. The van der Waals surface area contributed by atoms with Crippen LogP contribution in [0.5, 0.6) is 5.75 Å². The highest BCUT2D eigenvalue weighted by molar-refractivity contribution is 5.69. The minimum absolute atomic E-state index is 0.0389. The summed E-state index contributed by atoms with van der Waals surface area (Å²) in [4.78, 5) is 1.57.